The predicted octanol–water partition coefficient (Wildman–Crippen LogP) is 0.584. The van der Waals surface area contributed by atoms with Crippen LogP contribution in [-0.2, 0) is 0 Å². The Balaban J connectivity index is 1.26. The van der Waals surface area contributed by atoms with Crippen LogP contribution < -0.4 is 16.8 Å². The van der Waals surface area contributed by atoms with Crippen LogP contribution in [-0.4, -0.2) is 91.9 Å². The van der Waals surface area contributed by atoms with Crippen molar-refractivity contribution in [1.29, 1.82) is 0 Å². The fourth-order valence-electron chi connectivity index (χ4n) is 6.38. The van der Waals surface area contributed by atoms with Crippen LogP contribution in [0.15, 0.2) is 0 Å². The summed E-state index contributed by atoms with van der Waals surface area (Å²) in [6.45, 7) is 15.0. The summed E-state index contributed by atoms with van der Waals surface area (Å²) in [5.41, 5.74) is 12.8. The third kappa shape index (κ3) is 4.73. The normalized spacial score (nSPS) is 42.3. The van der Waals surface area contributed by atoms with E-state index in [2.05, 4.69) is 40.9 Å². The molecule has 0 aromatic rings. The van der Waals surface area contributed by atoms with E-state index in [1.807, 2.05) is 0 Å². The summed E-state index contributed by atoms with van der Waals surface area (Å²) in [5, 5.41) is 3.95. The zero-order chi connectivity index (χ0) is 19.9. The molecule has 4 fully saturated rings. The SMILES string of the molecule is CC1CN(CC2CN(C)C[C@](C)(NCN3CCC(C4(N)CC4)C3)C2)CC1CN. The lowest BCUT2D eigenvalue weighted by Crippen LogP contribution is -2.59. The zero-order valence-electron chi connectivity index (χ0n) is 18.5. The molecule has 162 valence electrons. The second-order valence-electron chi connectivity index (χ2n) is 11.1. The smallest absolute Gasteiger partial charge is 0.0485 e. The van der Waals surface area contributed by atoms with Gasteiger partial charge < -0.3 is 21.3 Å². The summed E-state index contributed by atoms with van der Waals surface area (Å²) in [7, 11) is 2.29. The lowest BCUT2D eigenvalue weighted by molar-refractivity contribution is 0.0782. The topological polar surface area (TPSA) is 73.8 Å². The van der Waals surface area contributed by atoms with Gasteiger partial charge in [-0.2, -0.15) is 0 Å². The maximum Gasteiger partial charge on any atom is 0.0485 e. The van der Waals surface area contributed by atoms with Crippen LogP contribution in [0.25, 0.3) is 0 Å². The highest BCUT2D eigenvalue weighted by Gasteiger charge is 2.48. The van der Waals surface area contributed by atoms with Gasteiger partial charge in [-0.05, 0) is 76.4 Å². The van der Waals surface area contributed by atoms with Gasteiger partial charge in [0.05, 0.1) is 0 Å². The third-order valence-corrected chi connectivity index (χ3v) is 8.23. The minimum Gasteiger partial charge on any atom is -0.330 e. The van der Waals surface area contributed by atoms with Crippen LogP contribution >= 0.6 is 0 Å². The fraction of sp³-hybridized carbons (Fsp3) is 1.00. The molecule has 0 spiro atoms. The summed E-state index contributed by atoms with van der Waals surface area (Å²) >= 11 is 0. The van der Waals surface area contributed by atoms with Gasteiger partial charge in [0, 0.05) is 57.0 Å². The Bertz CT molecular complexity index is 537. The lowest BCUT2D eigenvalue weighted by Gasteiger charge is -2.45. The molecule has 0 amide bonds. The van der Waals surface area contributed by atoms with E-state index in [0.29, 0.717) is 5.92 Å². The second kappa shape index (κ2) is 8.12. The highest BCUT2D eigenvalue weighted by atomic mass is 15.3. The first-order chi connectivity index (χ1) is 13.3. The number of hydrogen-bond donors (Lipinski definition) is 3. The van der Waals surface area contributed by atoms with Crippen molar-refractivity contribution in [3.63, 3.8) is 0 Å². The summed E-state index contributed by atoms with van der Waals surface area (Å²) in [6.07, 6.45) is 5.03. The van der Waals surface area contributed by atoms with Gasteiger partial charge in [-0.1, -0.05) is 6.92 Å². The van der Waals surface area contributed by atoms with Crippen LogP contribution in [0.3, 0.4) is 0 Å². The van der Waals surface area contributed by atoms with Crippen molar-refractivity contribution < 1.29 is 0 Å². The van der Waals surface area contributed by atoms with Gasteiger partial charge in [0.25, 0.3) is 0 Å². The Labute approximate surface area is 172 Å². The van der Waals surface area contributed by atoms with Gasteiger partial charge in [0.15, 0.2) is 0 Å². The molecule has 0 aromatic carbocycles. The van der Waals surface area contributed by atoms with Crippen molar-refractivity contribution in [3.05, 3.63) is 0 Å². The van der Waals surface area contributed by atoms with E-state index >= 15 is 0 Å². The van der Waals surface area contributed by atoms with E-state index in [1.54, 1.807) is 0 Å². The second-order valence-corrected chi connectivity index (χ2v) is 11.1. The summed E-state index contributed by atoms with van der Waals surface area (Å²) in [4.78, 5) is 7.81. The molecule has 3 heterocycles. The average molecular weight is 393 g/mol. The molecule has 0 bridgehead atoms. The van der Waals surface area contributed by atoms with Crippen molar-refractivity contribution in [2.75, 3.05) is 66.1 Å². The van der Waals surface area contributed by atoms with Crippen LogP contribution in [0.1, 0.15) is 39.5 Å². The minimum absolute atomic E-state index is 0.184. The van der Waals surface area contributed by atoms with Crippen molar-refractivity contribution in [2.24, 2.45) is 35.1 Å². The highest BCUT2D eigenvalue weighted by molar-refractivity contribution is 5.06. The number of piperidine rings is 1. The number of likely N-dealkylation sites (tertiary alicyclic amines) is 3. The van der Waals surface area contributed by atoms with Crippen LogP contribution in [0.5, 0.6) is 0 Å². The number of likely N-dealkylation sites (N-methyl/N-ethyl adjacent to an activating group) is 1. The lowest BCUT2D eigenvalue weighted by atomic mass is 9.84. The molecule has 4 rings (SSSR count). The highest BCUT2D eigenvalue weighted by Crippen LogP contribution is 2.43. The van der Waals surface area contributed by atoms with E-state index in [4.69, 9.17) is 11.5 Å². The number of nitrogens with two attached hydrogens (primary N) is 2. The molecular weight excluding hydrogens is 348 g/mol. The molecule has 6 heteroatoms. The number of nitrogens with zero attached hydrogens (tertiary/aromatic N) is 3. The molecule has 5 N–H and O–H groups in total. The minimum atomic E-state index is 0.184. The van der Waals surface area contributed by atoms with Gasteiger partial charge in [-0.3, -0.25) is 10.2 Å². The van der Waals surface area contributed by atoms with Crippen LogP contribution in [0.4, 0.5) is 0 Å². The molecule has 3 saturated heterocycles. The summed E-state index contributed by atoms with van der Waals surface area (Å²) in [5.74, 6) is 2.89. The van der Waals surface area contributed by atoms with Gasteiger partial charge in [-0.15, -0.1) is 0 Å². The molecule has 28 heavy (non-hydrogen) atoms. The van der Waals surface area contributed by atoms with Crippen LogP contribution in [0, 0.1) is 23.7 Å². The van der Waals surface area contributed by atoms with Crippen molar-refractivity contribution >= 4 is 0 Å². The largest absolute Gasteiger partial charge is 0.330 e. The van der Waals surface area contributed by atoms with E-state index in [-0.39, 0.29) is 11.1 Å². The summed E-state index contributed by atoms with van der Waals surface area (Å²) < 4.78 is 0. The Hall–Kier alpha value is -0.240. The van der Waals surface area contributed by atoms with Gasteiger partial charge >= 0.3 is 0 Å². The molecule has 1 saturated carbocycles. The first-order valence-electron chi connectivity index (χ1n) is 11.7. The molecular formula is C22H44N6. The monoisotopic (exact) mass is 392 g/mol. The number of nitrogens with one attached hydrogen (secondary N) is 1. The first kappa shape index (κ1) is 21.0. The van der Waals surface area contributed by atoms with Crippen LogP contribution in [0.2, 0.25) is 0 Å². The summed E-state index contributed by atoms with van der Waals surface area (Å²) in [6, 6.07) is 0. The van der Waals surface area contributed by atoms with E-state index < -0.39 is 0 Å². The molecule has 0 aromatic heterocycles. The van der Waals surface area contributed by atoms with E-state index in [1.165, 1.54) is 65.0 Å². The molecule has 4 unspecified atom stereocenters. The van der Waals surface area contributed by atoms with Gasteiger partial charge in [0.2, 0.25) is 0 Å². The average Bonchev–Trinajstić information content (AvgIpc) is 3.05. The Morgan fingerprint density at radius 1 is 1.11 bits per heavy atom. The van der Waals surface area contributed by atoms with E-state index in [0.717, 1.165) is 37.5 Å². The maximum absolute atomic E-state index is 6.46. The first-order valence-corrected chi connectivity index (χ1v) is 11.7. The van der Waals surface area contributed by atoms with E-state index in [9.17, 15) is 0 Å². The molecule has 6 nitrogen and oxygen atoms in total. The zero-order valence-corrected chi connectivity index (χ0v) is 18.5. The predicted molar refractivity (Wildman–Crippen MR) is 116 cm³/mol. The number of hydrogen-bond acceptors (Lipinski definition) is 6. The Morgan fingerprint density at radius 2 is 1.89 bits per heavy atom. The quantitative estimate of drug-likeness (QED) is 0.589. The fourth-order valence-corrected chi connectivity index (χ4v) is 6.38. The van der Waals surface area contributed by atoms with Crippen molar-refractivity contribution in [3.8, 4) is 0 Å². The van der Waals surface area contributed by atoms with Gasteiger partial charge in [-0.25, -0.2) is 0 Å². The van der Waals surface area contributed by atoms with Gasteiger partial charge in [0.1, 0.15) is 0 Å². The standard InChI is InChI=1S/C22H44N6/c1-17-10-28(13-19(17)9-23)12-18-8-21(2,15-26(3)11-18)25-16-27-7-4-20(14-27)22(24)5-6-22/h17-20,25H,4-16,23-24H2,1-3H3/t17?,18?,19?,20?,21-/m1/s1. The third-order valence-electron chi connectivity index (χ3n) is 8.23. The van der Waals surface area contributed by atoms with Crippen molar-refractivity contribution in [2.45, 2.75) is 50.6 Å². The molecule has 3 aliphatic heterocycles. The maximum atomic E-state index is 6.46. The number of rotatable bonds is 7. The molecule has 1 aliphatic carbocycles. The molecule has 0 radical (unpaired) electrons. The molecule has 4 aliphatic rings. The molecule has 5 atom stereocenters. The Morgan fingerprint density at radius 3 is 2.57 bits per heavy atom. The van der Waals surface area contributed by atoms with Crippen molar-refractivity contribution in [1.82, 2.24) is 20.0 Å². The Kier molecular flexibility index (Phi) is 6.09.